The summed E-state index contributed by atoms with van der Waals surface area (Å²) in [7, 11) is 0. The quantitative estimate of drug-likeness (QED) is 0.405. The van der Waals surface area contributed by atoms with E-state index in [0.29, 0.717) is 0 Å². The Morgan fingerprint density at radius 3 is 1.12 bits per heavy atom. The zero-order valence-electron chi connectivity index (χ0n) is 3.70. The second-order valence-electron chi connectivity index (χ2n) is 0.378. The van der Waals surface area contributed by atoms with E-state index in [9.17, 15) is 0 Å². The zero-order chi connectivity index (χ0) is 4.50. The fraction of sp³-hybridized carbons (Fsp3) is 0. The molecule has 0 spiro atoms. The van der Waals surface area contributed by atoms with Gasteiger partial charge >= 0.3 is 92.8 Å². The van der Waals surface area contributed by atoms with Crippen LogP contribution in [0.25, 0.3) is 0 Å². The Morgan fingerprint density at radius 1 is 1.12 bits per heavy atom. The predicted molar refractivity (Wildman–Crippen MR) is 1.37 cm³/mol. The van der Waals surface area contributed by atoms with Crippen molar-refractivity contribution in [3.8, 4) is 0 Å². The molecule has 0 aliphatic heterocycles. The summed E-state index contributed by atoms with van der Waals surface area (Å²) in [5.41, 5.74) is 0. The summed E-state index contributed by atoms with van der Waals surface area (Å²) < 4.78 is 34.3. The zero-order valence-corrected chi connectivity index (χ0v) is 9.02. The van der Waals surface area contributed by atoms with Crippen molar-refractivity contribution in [2.75, 3.05) is 0 Å². The van der Waals surface area contributed by atoms with Gasteiger partial charge in [-0.25, -0.2) is 0 Å². The van der Waals surface area contributed by atoms with Crippen LogP contribution in [0.5, 0.6) is 0 Å². The van der Waals surface area contributed by atoms with Gasteiger partial charge in [0.25, 0.3) is 0 Å². The maximum absolute atomic E-state index is 8.58. The first-order valence-corrected chi connectivity index (χ1v) is 2.54. The Bertz CT molecular complexity index is 99.2. The van der Waals surface area contributed by atoms with Crippen molar-refractivity contribution >= 4 is 0 Å². The first kappa shape index (κ1) is 22.5. The molecule has 0 heterocycles. The molecule has 0 aromatic rings. The van der Waals surface area contributed by atoms with Crippen molar-refractivity contribution in [1.29, 1.82) is 0 Å². The first-order chi connectivity index (χ1) is 2.00. The van der Waals surface area contributed by atoms with Gasteiger partial charge in [0, 0.05) is 0 Å². The maximum atomic E-state index is 8.58. The third-order valence-electron chi connectivity index (χ3n) is 0. The summed E-state index contributed by atoms with van der Waals surface area (Å²) in [5, 5.41) is 0. The van der Waals surface area contributed by atoms with E-state index in [1.807, 2.05) is 0 Å². The molecule has 0 aromatic heterocycles. The summed E-state index contributed by atoms with van der Waals surface area (Å²) >= 11 is -5.62. The summed E-state index contributed by atoms with van der Waals surface area (Å²) in [6.07, 6.45) is 0. The molecule has 0 rings (SSSR count). The molecule has 0 aliphatic carbocycles. The Kier molecular flexibility index (Phi) is 25.5. The van der Waals surface area contributed by atoms with Crippen LogP contribution in [0.2, 0.25) is 0 Å². The average molecular weight is 257 g/mol. The third kappa shape index (κ3) is 94.4. The monoisotopic (exact) mass is 257 g/mol. The van der Waals surface area contributed by atoms with Crippen molar-refractivity contribution in [1.82, 2.24) is 0 Å². The SMILES string of the molecule is [Co+2].[Fe+2].[Na+].[O]=[Mn](=[O])([O-])[O-]. The molecule has 4 nitrogen and oxygen atoms in total. The minimum absolute atomic E-state index is 0. The summed E-state index contributed by atoms with van der Waals surface area (Å²) in [4.78, 5) is 0. The Labute approximate surface area is 91.7 Å². The van der Waals surface area contributed by atoms with Gasteiger partial charge in [-0.1, -0.05) is 0 Å². The Hall–Kier alpha value is 2.07. The number of hydrogen-bond donors (Lipinski definition) is 0. The fourth-order valence-electron chi connectivity index (χ4n) is 0. The molecule has 0 saturated carbocycles. The topological polar surface area (TPSA) is 80.3 Å². The molecule has 0 N–H and O–H groups in total. The second kappa shape index (κ2) is 9.07. The van der Waals surface area contributed by atoms with E-state index in [0.717, 1.165) is 0 Å². The molecular formula is CoFeMnNaO4+3. The normalized spacial score (nSPS) is 7.25. The Morgan fingerprint density at radius 2 is 1.12 bits per heavy atom. The van der Waals surface area contributed by atoms with Crippen molar-refractivity contribution in [2.24, 2.45) is 0 Å². The van der Waals surface area contributed by atoms with Gasteiger partial charge in [0.1, 0.15) is 0 Å². The van der Waals surface area contributed by atoms with E-state index < -0.39 is 13.4 Å². The summed E-state index contributed by atoms with van der Waals surface area (Å²) in [6, 6.07) is 0. The molecule has 1 radical (unpaired) electrons. The van der Waals surface area contributed by atoms with Crippen LogP contribution in [-0.4, -0.2) is 0 Å². The summed E-state index contributed by atoms with van der Waals surface area (Å²) in [5.74, 6) is 0. The Balaban J connectivity index is -0.0000000267. The van der Waals surface area contributed by atoms with Crippen LogP contribution in [0.15, 0.2) is 0 Å². The van der Waals surface area contributed by atoms with Crippen molar-refractivity contribution in [2.45, 2.75) is 0 Å². The van der Waals surface area contributed by atoms with Gasteiger partial charge in [0.2, 0.25) is 0 Å². The standard InChI is InChI=1S/Co.Fe.Mn.Na.4O/q2*+2;;+1;;;2*-1. The van der Waals surface area contributed by atoms with E-state index in [4.69, 9.17) is 16.0 Å². The molecule has 0 unspecified atom stereocenters. The fourth-order valence-corrected chi connectivity index (χ4v) is 0. The van der Waals surface area contributed by atoms with Gasteiger partial charge in [-0.2, -0.15) is 0 Å². The van der Waals surface area contributed by atoms with Crippen LogP contribution < -0.4 is 37.9 Å². The van der Waals surface area contributed by atoms with Gasteiger partial charge in [0.15, 0.2) is 0 Å². The molecular weight excluding hydrogens is 257 g/mol. The average Bonchev–Trinajstić information content (AvgIpc) is 0.722. The molecule has 0 amide bonds. The van der Waals surface area contributed by atoms with Crippen LogP contribution >= 0.6 is 0 Å². The van der Waals surface area contributed by atoms with E-state index >= 15 is 0 Å². The van der Waals surface area contributed by atoms with E-state index in [1.54, 1.807) is 0 Å². The van der Waals surface area contributed by atoms with E-state index in [-0.39, 0.29) is 63.4 Å². The van der Waals surface area contributed by atoms with Gasteiger partial charge in [-0.05, 0) is 0 Å². The third-order valence-corrected chi connectivity index (χ3v) is 0. The van der Waals surface area contributed by atoms with Gasteiger partial charge in [0.05, 0.1) is 0 Å². The molecule has 0 aromatic carbocycles. The van der Waals surface area contributed by atoms with Crippen molar-refractivity contribution in [3.63, 3.8) is 0 Å². The van der Waals surface area contributed by atoms with Gasteiger partial charge in [-0.3, -0.25) is 0 Å². The van der Waals surface area contributed by atoms with Gasteiger partial charge in [-0.15, -0.1) is 0 Å². The first-order valence-electron chi connectivity index (χ1n) is 0.617. The van der Waals surface area contributed by atoms with Crippen LogP contribution in [0.3, 0.4) is 0 Å². The van der Waals surface area contributed by atoms with E-state index in [2.05, 4.69) is 0 Å². The van der Waals surface area contributed by atoms with Gasteiger partial charge < -0.3 is 0 Å². The predicted octanol–water partition coefficient (Wildman–Crippen LogP) is -5.62. The molecule has 0 fully saturated rings. The van der Waals surface area contributed by atoms with Crippen LogP contribution in [0, 0.1) is 0 Å². The molecule has 0 bridgehead atoms. The number of hydrogen-bond acceptors (Lipinski definition) is 4. The minimum atomic E-state index is -5.62. The molecule has 8 heavy (non-hydrogen) atoms. The van der Waals surface area contributed by atoms with Crippen LogP contribution in [0.1, 0.15) is 0 Å². The van der Waals surface area contributed by atoms with Crippen LogP contribution in [0.4, 0.5) is 0 Å². The molecule has 8 heteroatoms. The summed E-state index contributed by atoms with van der Waals surface area (Å²) in [6.45, 7) is 0. The van der Waals surface area contributed by atoms with Crippen molar-refractivity contribution < 1.29 is 92.8 Å². The second-order valence-corrected chi connectivity index (χ2v) is 1.56. The molecule has 0 atom stereocenters. The molecule has 0 aliphatic rings. The molecule has 0 saturated heterocycles. The van der Waals surface area contributed by atoms with Crippen LogP contribution in [-0.2, 0) is 54.9 Å². The number of rotatable bonds is 0. The van der Waals surface area contributed by atoms with Crippen molar-refractivity contribution in [3.05, 3.63) is 0 Å². The molecule has 46 valence electrons. The van der Waals surface area contributed by atoms with E-state index in [1.165, 1.54) is 0 Å².